The number of halogens is 3. The molecule has 2 rings (SSSR count). The van der Waals surface area contributed by atoms with Crippen LogP contribution in [0, 0.1) is 0 Å². The van der Waals surface area contributed by atoms with Crippen molar-refractivity contribution in [3.63, 3.8) is 0 Å². The molecule has 110 valence electrons. The van der Waals surface area contributed by atoms with Gasteiger partial charge in [0.1, 0.15) is 12.4 Å². The van der Waals surface area contributed by atoms with E-state index in [1.807, 2.05) is 12.1 Å². The second-order valence-corrected chi connectivity index (χ2v) is 4.35. The first-order valence-electron chi connectivity index (χ1n) is 6.38. The van der Waals surface area contributed by atoms with Gasteiger partial charge in [0, 0.05) is 6.54 Å². The summed E-state index contributed by atoms with van der Waals surface area (Å²) in [6, 6.07) is 7.34. The topological polar surface area (TPSA) is 30.5 Å². The maximum absolute atomic E-state index is 11.8. The standard InChI is InChI=1S/C14H16F3NO2/c15-14(16,17)20-10-9-19-13-3-1-11(2-4-13)12-5-7-18-8-6-12/h1-5,18H,6-10H2. The molecule has 0 unspecified atom stereocenters. The van der Waals surface area contributed by atoms with Gasteiger partial charge in [0.15, 0.2) is 0 Å². The molecule has 3 nitrogen and oxygen atoms in total. The van der Waals surface area contributed by atoms with E-state index in [9.17, 15) is 13.2 Å². The van der Waals surface area contributed by atoms with Crippen LogP contribution in [-0.4, -0.2) is 32.7 Å². The van der Waals surface area contributed by atoms with Gasteiger partial charge in [0.25, 0.3) is 0 Å². The molecular formula is C14H16F3NO2. The number of alkyl halides is 3. The Bertz CT molecular complexity index is 454. The highest BCUT2D eigenvalue weighted by molar-refractivity contribution is 5.67. The van der Waals surface area contributed by atoms with Gasteiger partial charge in [0.05, 0.1) is 6.61 Å². The lowest BCUT2D eigenvalue weighted by Gasteiger charge is -2.14. The first-order valence-corrected chi connectivity index (χ1v) is 6.38. The van der Waals surface area contributed by atoms with E-state index in [2.05, 4.69) is 16.1 Å². The molecule has 0 aromatic heterocycles. The van der Waals surface area contributed by atoms with Crippen molar-refractivity contribution in [2.45, 2.75) is 12.8 Å². The van der Waals surface area contributed by atoms with Gasteiger partial charge in [-0.05, 0) is 36.2 Å². The Balaban J connectivity index is 1.81. The SMILES string of the molecule is FC(F)(F)OCCOc1ccc(C2=CCNCC2)cc1. The predicted octanol–water partition coefficient (Wildman–Crippen LogP) is 2.98. The molecule has 0 fully saturated rings. The van der Waals surface area contributed by atoms with E-state index in [0.29, 0.717) is 5.75 Å². The lowest BCUT2D eigenvalue weighted by Crippen LogP contribution is -2.20. The van der Waals surface area contributed by atoms with Crippen LogP contribution in [0.2, 0.25) is 0 Å². The molecule has 0 saturated heterocycles. The highest BCUT2D eigenvalue weighted by atomic mass is 19.4. The minimum Gasteiger partial charge on any atom is -0.491 e. The number of nitrogens with one attached hydrogen (secondary N) is 1. The smallest absolute Gasteiger partial charge is 0.491 e. The fraction of sp³-hybridized carbons (Fsp3) is 0.429. The number of benzene rings is 1. The van der Waals surface area contributed by atoms with E-state index >= 15 is 0 Å². The molecule has 1 N–H and O–H groups in total. The summed E-state index contributed by atoms with van der Waals surface area (Å²) in [5.41, 5.74) is 2.39. The molecule has 0 saturated carbocycles. The summed E-state index contributed by atoms with van der Waals surface area (Å²) in [5, 5.41) is 3.24. The van der Waals surface area contributed by atoms with E-state index in [4.69, 9.17) is 4.74 Å². The maximum Gasteiger partial charge on any atom is 0.522 e. The Morgan fingerprint density at radius 1 is 1.10 bits per heavy atom. The summed E-state index contributed by atoms with van der Waals surface area (Å²) < 4.78 is 44.1. The van der Waals surface area contributed by atoms with Crippen LogP contribution in [0.4, 0.5) is 13.2 Å². The van der Waals surface area contributed by atoms with Crippen LogP contribution in [0.1, 0.15) is 12.0 Å². The maximum atomic E-state index is 11.8. The molecule has 6 heteroatoms. The third-order valence-electron chi connectivity index (χ3n) is 2.91. The Kier molecular flexibility index (Phi) is 5.03. The Morgan fingerprint density at radius 3 is 2.45 bits per heavy atom. The molecule has 0 spiro atoms. The predicted molar refractivity (Wildman–Crippen MR) is 69.4 cm³/mol. The highest BCUT2D eigenvalue weighted by Gasteiger charge is 2.28. The lowest BCUT2D eigenvalue weighted by molar-refractivity contribution is -0.325. The summed E-state index contributed by atoms with van der Waals surface area (Å²) >= 11 is 0. The molecule has 0 aliphatic carbocycles. The quantitative estimate of drug-likeness (QED) is 0.845. The van der Waals surface area contributed by atoms with Crippen molar-refractivity contribution in [1.82, 2.24) is 5.32 Å². The van der Waals surface area contributed by atoms with E-state index in [1.165, 1.54) is 5.57 Å². The zero-order valence-electron chi connectivity index (χ0n) is 10.9. The van der Waals surface area contributed by atoms with Gasteiger partial charge >= 0.3 is 6.36 Å². The van der Waals surface area contributed by atoms with Crippen molar-refractivity contribution in [2.75, 3.05) is 26.3 Å². The molecule has 1 aliphatic rings. The van der Waals surface area contributed by atoms with Gasteiger partial charge in [-0.25, -0.2) is 0 Å². The van der Waals surface area contributed by atoms with Crippen LogP contribution in [-0.2, 0) is 4.74 Å². The van der Waals surface area contributed by atoms with Crippen molar-refractivity contribution in [1.29, 1.82) is 0 Å². The van der Waals surface area contributed by atoms with Gasteiger partial charge in [-0.1, -0.05) is 18.2 Å². The second-order valence-electron chi connectivity index (χ2n) is 4.35. The lowest BCUT2D eigenvalue weighted by atomic mass is 10.0. The molecule has 20 heavy (non-hydrogen) atoms. The molecular weight excluding hydrogens is 271 g/mol. The molecule has 0 radical (unpaired) electrons. The minimum atomic E-state index is -4.60. The van der Waals surface area contributed by atoms with Crippen LogP contribution < -0.4 is 10.1 Å². The highest BCUT2D eigenvalue weighted by Crippen LogP contribution is 2.22. The Labute approximate surface area is 115 Å². The van der Waals surface area contributed by atoms with Crippen molar-refractivity contribution < 1.29 is 22.6 Å². The molecule has 1 aromatic carbocycles. The molecule has 0 atom stereocenters. The second kappa shape index (κ2) is 6.76. The van der Waals surface area contributed by atoms with Crippen LogP contribution in [0.5, 0.6) is 5.75 Å². The third-order valence-corrected chi connectivity index (χ3v) is 2.91. The first-order chi connectivity index (χ1) is 9.54. The fourth-order valence-corrected chi connectivity index (χ4v) is 1.97. The number of rotatable bonds is 5. The minimum absolute atomic E-state index is 0.133. The van der Waals surface area contributed by atoms with Gasteiger partial charge in [-0.2, -0.15) is 0 Å². The van der Waals surface area contributed by atoms with E-state index in [0.717, 1.165) is 25.1 Å². The van der Waals surface area contributed by atoms with E-state index in [1.54, 1.807) is 12.1 Å². The molecule has 0 amide bonds. The van der Waals surface area contributed by atoms with Crippen LogP contribution in [0.15, 0.2) is 30.3 Å². The van der Waals surface area contributed by atoms with E-state index in [-0.39, 0.29) is 6.61 Å². The van der Waals surface area contributed by atoms with Gasteiger partial charge < -0.3 is 10.1 Å². The van der Waals surface area contributed by atoms with Gasteiger partial charge in [-0.15, -0.1) is 13.2 Å². The summed E-state index contributed by atoms with van der Waals surface area (Å²) in [7, 11) is 0. The molecule has 1 heterocycles. The summed E-state index contributed by atoms with van der Waals surface area (Å²) in [4.78, 5) is 0. The van der Waals surface area contributed by atoms with Crippen molar-refractivity contribution in [3.05, 3.63) is 35.9 Å². The van der Waals surface area contributed by atoms with E-state index < -0.39 is 13.0 Å². The van der Waals surface area contributed by atoms with Crippen molar-refractivity contribution in [2.24, 2.45) is 0 Å². The van der Waals surface area contributed by atoms with Crippen LogP contribution in [0.3, 0.4) is 0 Å². The average molecular weight is 287 g/mol. The Morgan fingerprint density at radius 2 is 1.85 bits per heavy atom. The first kappa shape index (κ1) is 14.9. The third kappa shape index (κ3) is 4.86. The summed E-state index contributed by atoms with van der Waals surface area (Å²) in [5.74, 6) is 0.536. The number of hydrogen-bond donors (Lipinski definition) is 1. The summed E-state index contributed by atoms with van der Waals surface area (Å²) in [6.45, 7) is 1.18. The van der Waals surface area contributed by atoms with Gasteiger partial charge in [0.2, 0.25) is 0 Å². The zero-order valence-corrected chi connectivity index (χ0v) is 10.9. The number of hydrogen-bond acceptors (Lipinski definition) is 3. The monoisotopic (exact) mass is 287 g/mol. The molecule has 1 aromatic rings. The van der Waals surface area contributed by atoms with Crippen molar-refractivity contribution >= 4 is 5.57 Å². The number of ether oxygens (including phenoxy) is 2. The zero-order chi connectivity index (χ0) is 14.4. The largest absolute Gasteiger partial charge is 0.522 e. The van der Waals surface area contributed by atoms with Crippen molar-refractivity contribution in [3.8, 4) is 5.75 Å². The summed E-state index contributed by atoms with van der Waals surface area (Å²) in [6.07, 6.45) is -1.50. The van der Waals surface area contributed by atoms with Crippen LogP contribution >= 0.6 is 0 Å². The average Bonchev–Trinajstić information content (AvgIpc) is 2.44. The van der Waals surface area contributed by atoms with Crippen LogP contribution in [0.25, 0.3) is 5.57 Å². The normalized spacial score (nSPS) is 15.8. The molecule has 0 bridgehead atoms. The fourth-order valence-electron chi connectivity index (χ4n) is 1.97. The van der Waals surface area contributed by atoms with Gasteiger partial charge in [-0.3, -0.25) is 4.74 Å². The Hall–Kier alpha value is -1.53. The molecule has 1 aliphatic heterocycles.